The summed E-state index contributed by atoms with van der Waals surface area (Å²) in [6.45, 7) is 4.55. The highest BCUT2D eigenvalue weighted by Crippen LogP contribution is 2.24. The molecule has 2 fully saturated rings. The van der Waals surface area contributed by atoms with Crippen molar-refractivity contribution in [3.05, 3.63) is 0 Å². The molecular weight excluding hydrogens is 286 g/mol. The van der Waals surface area contributed by atoms with Crippen molar-refractivity contribution in [2.75, 3.05) is 26.2 Å². The molecule has 0 aliphatic carbocycles. The van der Waals surface area contributed by atoms with Crippen molar-refractivity contribution in [2.24, 2.45) is 11.7 Å². The SMILES string of the molecule is CC(N)C1CCN(S(=O)(=O)N2CCCCCC2)C1.Cl. The summed E-state index contributed by atoms with van der Waals surface area (Å²) in [6.07, 6.45) is 5.17. The maximum Gasteiger partial charge on any atom is 0.281 e. The van der Waals surface area contributed by atoms with Crippen molar-refractivity contribution in [2.45, 2.75) is 45.1 Å². The zero-order chi connectivity index (χ0) is 13.2. The van der Waals surface area contributed by atoms with Crippen LogP contribution in [0.2, 0.25) is 0 Å². The van der Waals surface area contributed by atoms with Gasteiger partial charge in [-0.1, -0.05) is 12.8 Å². The number of hydrogen-bond acceptors (Lipinski definition) is 3. The van der Waals surface area contributed by atoms with E-state index in [-0.39, 0.29) is 18.4 Å². The highest BCUT2D eigenvalue weighted by Gasteiger charge is 2.36. The smallest absolute Gasteiger partial charge is 0.281 e. The Morgan fingerprint density at radius 2 is 1.63 bits per heavy atom. The maximum absolute atomic E-state index is 12.5. The number of hydrogen-bond donors (Lipinski definition) is 1. The van der Waals surface area contributed by atoms with Gasteiger partial charge in [-0.2, -0.15) is 17.0 Å². The predicted molar refractivity (Wildman–Crippen MR) is 79.5 cm³/mol. The van der Waals surface area contributed by atoms with E-state index in [1.165, 1.54) is 0 Å². The van der Waals surface area contributed by atoms with Gasteiger partial charge in [0.05, 0.1) is 0 Å². The van der Waals surface area contributed by atoms with Crippen molar-refractivity contribution >= 4 is 22.6 Å². The van der Waals surface area contributed by atoms with E-state index < -0.39 is 10.2 Å². The summed E-state index contributed by atoms with van der Waals surface area (Å²) >= 11 is 0. The Bertz CT molecular complexity index is 367. The lowest BCUT2D eigenvalue weighted by Crippen LogP contribution is -2.43. The second kappa shape index (κ2) is 7.22. The molecule has 2 unspecified atom stereocenters. The highest BCUT2D eigenvalue weighted by molar-refractivity contribution is 7.86. The molecule has 5 nitrogen and oxygen atoms in total. The van der Waals surface area contributed by atoms with Gasteiger partial charge in [-0.3, -0.25) is 0 Å². The van der Waals surface area contributed by atoms with Gasteiger partial charge in [0.2, 0.25) is 0 Å². The van der Waals surface area contributed by atoms with Crippen LogP contribution in [-0.2, 0) is 10.2 Å². The third-order valence-corrected chi connectivity index (χ3v) is 6.15. The first kappa shape index (κ1) is 17.2. The molecule has 2 rings (SSSR count). The standard InChI is InChI=1S/C12H25N3O2S.ClH/c1-11(13)12-6-9-15(10-12)18(16,17)14-7-4-2-3-5-8-14;/h11-12H,2-10,13H2,1H3;1H. The van der Waals surface area contributed by atoms with Crippen LogP contribution in [0.3, 0.4) is 0 Å². The first-order chi connectivity index (χ1) is 8.51. The van der Waals surface area contributed by atoms with Crippen LogP contribution in [0.15, 0.2) is 0 Å². The van der Waals surface area contributed by atoms with Gasteiger partial charge in [0.15, 0.2) is 0 Å². The van der Waals surface area contributed by atoms with Crippen molar-refractivity contribution in [3.63, 3.8) is 0 Å². The molecular formula is C12H26ClN3O2S. The highest BCUT2D eigenvalue weighted by atomic mass is 35.5. The van der Waals surface area contributed by atoms with Crippen LogP contribution < -0.4 is 5.73 Å². The van der Waals surface area contributed by atoms with Gasteiger partial charge < -0.3 is 5.73 Å². The summed E-state index contributed by atoms with van der Waals surface area (Å²) < 4.78 is 28.3. The molecule has 19 heavy (non-hydrogen) atoms. The normalized spacial score (nSPS) is 28.6. The van der Waals surface area contributed by atoms with E-state index >= 15 is 0 Å². The topological polar surface area (TPSA) is 66.6 Å². The monoisotopic (exact) mass is 311 g/mol. The Balaban J connectivity index is 0.00000180. The zero-order valence-corrected chi connectivity index (χ0v) is 13.3. The molecule has 2 N–H and O–H groups in total. The molecule has 2 saturated heterocycles. The summed E-state index contributed by atoms with van der Waals surface area (Å²) in [5, 5.41) is 0. The Labute approximate surface area is 123 Å². The fourth-order valence-electron chi connectivity index (χ4n) is 2.83. The molecule has 2 heterocycles. The molecule has 114 valence electrons. The fourth-order valence-corrected chi connectivity index (χ4v) is 4.59. The summed E-state index contributed by atoms with van der Waals surface area (Å²) in [6, 6.07) is 0.0781. The van der Waals surface area contributed by atoms with Crippen molar-refractivity contribution in [3.8, 4) is 0 Å². The molecule has 2 aliphatic rings. The molecule has 2 atom stereocenters. The first-order valence-electron chi connectivity index (χ1n) is 7.02. The van der Waals surface area contributed by atoms with Crippen LogP contribution in [-0.4, -0.2) is 49.2 Å². The van der Waals surface area contributed by atoms with Crippen LogP contribution >= 0.6 is 12.4 Å². The van der Waals surface area contributed by atoms with E-state index in [2.05, 4.69) is 0 Å². The average Bonchev–Trinajstić information content (AvgIpc) is 2.66. The second-order valence-electron chi connectivity index (χ2n) is 5.59. The predicted octanol–water partition coefficient (Wildman–Crippen LogP) is 1.20. The number of nitrogens with zero attached hydrogens (tertiary/aromatic N) is 2. The molecule has 0 aromatic carbocycles. The fraction of sp³-hybridized carbons (Fsp3) is 1.00. The first-order valence-corrected chi connectivity index (χ1v) is 8.42. The zero-order valence-electron chi connectivity index (χ0n) is 11.6. The molecule has 7 heteroatoms. The van der Waals surface area contributed by atoms with Gasteiger partial charge in [-0.25, -0.2) is 0 Å². The van der Waals surface area contributed by atoms with Crippen LogP contribution in [0, 0.1) is 5.92 Å². The van der Waals surface area contributed by atoms with Gasteiger partial charge >= 0.3 is 0 Å². The Hall–Kier alpha value is 0.120. The molecule has 0 bridgehead atoms. The number of nitrogens with two attached hydrogens (primary N) is 1. The minimum atomic E-state index is -3.24. The molecule has 0 spiro atoms. The van der Waals surface area contributed by atoms with Gasteiger partial charge in [0.1, 0.15) is 0 Å². The summed E-state index contributed by atoms with van der Waals surface area (Å²) in [5.41, 5.74) is 5.87. The molecule has 0 amide bonds. The Morgan fingerprint density at radius 1 is 1.05 bits per heavy atom. The van der Waals surface area contributed by atoms with E-state index in [1.54, 1.807) is 8.61 Å². The van der Waals surface area contributed by atoms with Crippen molar-refractivity contribution < 1.29 is 8.42 Å². The quantitative estimate of drug-likeness (QED) is 0.851. The largest absolute Gasteiger partial charge is 0.328 e. The van der Waals surface area contributed by atoms with E-state index in [4.69, 9.17) is 5.73 Å². The third kappa shape index (κ3) is 4.04. The maximum atomic E-state index is 12.5. The van der Waals surface area contributed by atoms with Gasteiger partial charge in [-0.05, 0) is 32.1 Å². The lowest BCUT2D eigenvalue weighted by atomic mass is 10.0. The van der Waals surface area contributed by atoms with Crippen LogP contribution in [0.4, 0.5) is 0 Å². The van der Waals surface area contributed by atoms with Gasteiger partial charge in [0.25, 0.3) is 10.2 Å². The van der Waals surface area contributed by atoms with E-state index in [9.17, 15) is 8.42 Å². The van der Waals surface area contributed by atoms with Crippen LogP contribution in [0.5, 0.6) is 0 Å². The molecule has 2 aliphatic heterocycles. The van der Waals surface area contributed by atoms with Crippen LogP contribution in [0.25, 0.3) is 0 Å². The average molecular weight is 312 g/mol. The minimum absolute atomic E-state index is 0. The second-order valence-corrected chi connectivity index (χ2v) is 7.52. The van der Waals surface area contributed by atoms with E-state index in [0.29, 0.717) is 32.1 Å². The molecule has 0 radical (unpaired) electrons. The minimum Gasteiger partial charge on any atom is -0.328 e. The van der Waals surface area contributed by atoms with Gasteiger partial charge in [-0.15, -0.1) is 12.4 Å². The Morgan fingerprint density at radius 3 is 2.11 bits per heavy atom. The Kier molecular flexibility index (Phi) is 6.53. The van der Waals surface area contributed by atoms with E-state index in [1.807, 2.05) is 6.92 Å². The van der Waals surface area contributed by atoms with Crippen molar-refractivity contribution in [1.29, 1.82) is 0 Å². The molecule has 0 saturated carbocycles. The third-order valence-electron chi connectivity index (χ3n) is 4.15. The number of rotatable bonds is 3. The summed E-state index contributed by atoms with van der Waals surface area (Å²) in [5.74, 6) is 0.312. The van der Waals surface area contributed by atoms with E-state index in [0.717, 1.165) is 32.1 Å². The molecule has 0 aromatic heterocycles. The summed E-state index contributed by atoms with van der Waals surface area (Å²) in [7, 11) is -3.24. The molecule has 0 aromatic rings. The lowest BCUT2D eigenvalue weighted by molar-refractivity contribution is 0.357. The number of halogens is 1. The van der Waals surface area contributed by atoms with Crippen LogP contribution in [0.1, 0.15) is 39.0 Å². The van der Waals surface area contributed by atoms with Crippen molar-refractivity contribution in [1.82, 2.24) is 8.61 Å². The lowest BCUT2D eigenvalue weighted by Gasteiger charge is -2.26. The van der Waals surface area contributed by atoms with Gasteiger partial charge in [0, 0.05) is 32.2 Å². The summed E-state index contributed by atoms with van der Waals surface area (Å²) in [4.78, 5) is 0.